The molecule has 0 spiro atoms. The van der Waals surface area contributed by atoms with Gasteiger partial charge in [0.2, 0.25) is 0 Å². The summed E-state index contributed by atoms with van der Waals surface area (Å²) in [4.78, 5) is 10.9. The number of aliphatic carboxylic acids is 1. The van der Waals surface area contributed by atoms with Gasteiger partial charge >= 0.3 is 5.97 Å². The SMILES string of the molecule is CCCCCCCCC[C@@H]1N[C@H](C(=O)O)CCS1. The first-order valence-electron chi connectivity index (χ1n) is 7.34. The second kappa shape index (κ2) is 9.68. The van der Waals surface area contributed by atoms with Crippen molar-refractivity contribution in [3.05, 3.63) is 0 Å². The second-order valence-electron chi connectivity index (χ2n) is 5.12. The summed E-state index contributed by atoms with van der Waals surface area (Å²) in [6.07, 6.45) is 11.1. The van der Waals surface area contributed by atoms with Crippen LogP contribution >= 0.6 is 11.8 Å². The maximum absolute atomic E-state index is 10.9. The van der Waals surface area contributed by atoms with E-state index in [-0.39, 0.29) is 6.04 Å². The molecule has 1 aliphatic heterocycles. The lowest BCUT2D eigenvalue weighted by Gasteiger charge is -2.28. The van der Waals surface area contributed by atoms with Crippen LogP contribution in [-0.4, -0.2) is 28.2 Å². The third kappa shape index (κ3) is 6.64. The lowest BCUT2D eigenvalue weighted by molar-refractivity contribution is -0.139. The van der Waals surface area contributed by atoms with Gasteiger partial charge in [0.25, 0.3) is 0 Å². The fraction of sp³-hybridized carbons (Fsp3) is 0.929. The van der Waals surface area contributed by atoms with Gasteiger partial charge in [-0.3, -0.25) is 10.1 Å². The van der Waals surface area contributed by atoms with E-state index in [1.54, 1.807) is 0 Å². The standard InChI is InChI=1S/C14H27NO2S/c1-2-3-4-5-6-7-8-9-13-15-12(14(16)17)10-11-18-13/h12-13,15H,2-11H2,1H3,(H,16,17)/t12-,13+/m0/s1. The van der Waals surface area contributed by atoms with Gasteiger partial charge in [-0.15, -0.1) is 11.8 Å². The number of hydrogen-bond acceptors (Lipinski definition) is 3. The molecule has 0 saturated carbocycles. The molecule has 0 aromatic heterocycles. The van der Waals surface area contributed by atoms with Crippen LogP contribution in [0.2, 0.25) is 0 Å². The second-order valence-corrected chi connectivity index (χ2v) is 6.43. The minimum atomic E-state index is -0.695. The summed E-state index contributed by atoms with van der Waals surface area (Å²) in [7, 11) is 0. The Balaban J connectivity index is 2.00. The first-order valence-corrected chi connectivity index (χ1v) is 8.39. The number of unbranched alkanes of at least 4 members (excludes halogenated alkanes) is 6. The smallest absolute Gasteiger partial charge is 0.320 e. The molecule has 0 aromatic rings. The first kappa shape index (κ1) is 15.8. The fourth-order valence-electron chi connectivity index (χ4n) is 2.33. The third-order valence-corrected chi connectivity index (χ3v) is 4.73. The number of carbonyl (C=O) groups is 1. The number of carboxylic acids is 1. The van der Waals surface area contributed by atoms with E-state index >= 15 is 0 Å². The molecule has 0 bridgehead atoms. The summed E-state index contributed by atoms with van der Waals surface area (Å²) in [6, 6.07) is -0.319. The summed E-state index contributed by atoms with van der Waals surface area (Å²) in [5, 5.41) is 12.6. The molecule has 1 saturated heterocycles. The normalized spacial score (nSPS) is 24.1. The molecule has 1 aliphatic rings. The molecule has 0 radical (unpaired) electrons. The molecule has 4 heteroatoms. The van der Waals surface area contributed by atoms with E-state index in [1.807, 2.05) is 11.8 Å². The first-order chi connectivity index (χ1) is 8.74. The Morgan fingerprint density at radius 3 is 2.56 bits per heavy atom. The topological polar surface area (TPSA) is 49.3 Å². The highest BCUT2D eigenvalue weighted by Gasteiger charge is 2.25. The summed E-state index contributed by atoms with van der Waals surface area (Å²) < 4.78 is 0. The van der Waals surface area contributed by atoms with Crippen molar-refractivity contribution in [1.29, 1.82) is 0 Å². The van der Waals surface area contributed by atoms with Gasteiger partial charge in [0.05, 0.1) is 5.37 Å². The Morgan fingerprint density at radius 2 is 1.89 bits per heavy atom. The fourth-order valence-corrected chi connectivity index (χ4v) is 3.58. The third-order valence-electron chi connectivity index (χ3n) is 3.48. The van der Waals surface area contributed by atoms with Gasteiger partial charge < -0.3 is 5.11 Å². The molecule has 0 unspecified atom stereocenters. The largest absolute Gasteiger partial charge is 0.480 e. The lowest BCUT2D eigenvalue weighted by atomic mass is 10.1. The van der Waals surface area contributed by atoms with E-state index in [0.29, 0.717) is 5.37 Å². The predicted molar refractivity (Wildman–Crippen MR) is 78.0 cm³/mol. The van der Waals surface area contributed by atoms with Crippen molar-refractivity contribution >= 4 is 17.7 Å². The Kier molecular flexibility index (Phi) is 8.51. The van der Waals surface area contributed by atoms with Crippen LogP contribution < -0.4 is 5.32 Å². The van der Waals surface area contributed by atoms with E-state index in [1.165, 1.54) is 44.9 Å². The molecule has 0 amide bonds. The van der Waals surface area contributed by atoms with Gasteiger partial charge in [-0.2, -0.15) is 0 Å². The van der Waals surface area contributed by atoms with E-state index < -0.39 is 5.97 Å². The number of rotatable bonds is 9. The highest BCUT2D eigenvalue weighted by Crippen LogP contribution is 2.23. The van der Waals surface area contributed by atoms with Crippen molar-refractivity contribution in [2.45, 2.75) is 76.1 Å². The molecule has 1 rings (SSSR count). The quantitative estimate of drug-likeness (QED) is 0.630. The van der Waals surface area contributed by atoms with E-state index in [2.05, 4.69) is 12.2 Å². The molecule has 106 valence electrons. The summed E-state index contributed by atoms with van der Waals surface area (Å²) in [6.45, 7) is 2.24. The van der Waals surface area contributed by atoms with Gasteiger partial charge in [0, 0.05) is 0 Å². The average molecular weight is 273 g/mol. The van der Waals surface area contributed by atoms with Gasteiger partial charge in [0.15, 0.2) is 0 Å². The highest BCUT2D eigenvalue weighted by molar-refractivity contribution is 7.99. The molecule has 1 fully saturated rings. The Labute approximate surface area is 115 Å². The van der Waals surface area contributed by atoms with E-state index in [4.69, 9.17) is 5.11 Å². The highest BCUT2D eigenvalue weighted by atomic mass is 32.2. The van der Waals surface area contributed by atoms with Gasteiger partial charge in [0.1, 0.15) is 6.04 Å². The van der Waals surface area contributed by atoms with Crippen molar-refractivity contribution < 1.29 is 9.90 Å². The van der Waals surface area contributed by atoms with Gasteiger partial charge in [-0.25, -0.2) is 0 Å². The molecular weight excluding hydrogens is 246 g/mol. The number of carboxylic acid groups (broad SMARTS) is 1. The average Bonchev–Trinajstić information content (AvgIpc) is 2.38. The van der Waals surface area contributed by atoms with Gasteiger partial charge in [-0.1, -0.05) is 51.9 Å². The molecule has 2 N–H and O–H groups in total. The Morgan fingerprint density at radius 1 is 1.22 bits per heavy atom. The van der Waals surface area contributed by atoms with Crippen LogP contribution in [0.4, 0.5) is 0 Å². The molecule has 2 atom stereocenters. The molecular formula is C14H27NO2S. The Bertz CT molecular complexity index is 236. The molecule has 3 nitrogen and oxygen atoms in total. The predicted octanol–water partition coefficient (Wildman–Crippen LogP) is 3.63. The van der Waals surface area contributed by atoms with Crippen molar-refractivity contribution in [3.63, 3.8) is 0 Å². The van der Waals surface area contributed by atoms with E-state index in [0.717, 1.165) is 18.6 Å². The number of nitrogens with one attached hydrogen (secondary N) is 1. The maximum Gasteiger partial charge on any atom is 0.320 e. The van der Waals surface area contributed by atoms with Crippen LogP contribution in [0.15, 0.2) is 0 Å². The zero-order valence-electron chi connectivity index (χ0n) is 11.5. The monoisotopic (exact) mass is 273 g/mol. The summed E-state index contributed by atoms with van der Waals surface area (Å²) in [5.41, 5.74) is 0. The minimum absolute atomic E-state index is 0.319. The van der Waals surface area contributed by atoms with Crippen LogP contribution in [0, 0.1) is 0 Å². The summed E-state index contributed by atoms with van der Waals surface area (Å²) >= 11 is 1.88. The molecule has 0 aromatic carbocycles. The molecule has 0 aliphatic carbocycles. The minimum Gasteiger partial charge on any atom is -0.480 e. The maximum atomic E-state index is 10.9. The van der Waals surface area contributed by atoms with Crippen LogP contribution in [0.1, 0.15) is 64.7 Å². The van der Waals surface area contributed by atoms with Crippen molar-refractivity contribution in [2.24, 2.45) is 0 Å². The van der Waals surface area contributed by atoms with Crippen LogP contribution in [0.5, 0.6) is 0 Å². The van der Waals surface area contributed by atoms with Crippen molar-refractivity contribution in [3.8, 4) is 0 Å². The number of hydrogen-bond donors (Lipinski definition) is 2. The molecule has 1 heterocycles. The van der Waals surface area contributed by atoms with Crippen LogP contribution in [0.25, 0.3) is 0 Å². The van der Waals surface area contributed by atoms with Crippen LogP contribution in [0.3, 0.4) is 0 Å². The lowest BCUT2D eigenvalue weighted by Crippen LogP contribution is -2.45. The van der Waals surface area contributed by atoms with Crippen molar-refractivity contribution in [2.75, 3.05) is 5.75 Å². The summed E-state index contributed by atoms with van der Waals surface area (Å²) in [5.74, 6) is 0.283. The molecule has 18 heavy (non-hydrogen) atoms. The van der Waals surface area contributed by atoms with Crippen molar-refractivity contribution in [1.82, 2.24) is 5.32 Å². The Hall–Kier alpha value is -0.220. The number of thioether (sulfide) groups is 1. The zero-order valence-corrected chi connectivity index (χ0v) is 12.3. The van der Waals surface area contributed by atoms with Crippen LogP contribution in [-0.2, 0) is 4.79 Å². The van der Waals surface area contributed by atoms with E-state index in [9.17, 15) is 4.79 Å². The zero-order chi connectivity index (χ0) is 13.2. The van der Waals surface area contributed by atoms with Gasteiger partial charge in [-0.05, 0) is 18.6 Å².